The number of nitrogens with one attached hydrogen (secondary N) is 1. The van der Waals surface area contributed by atoms with E-state index in [4.69, 9.17) is 0 Å². The van der Waals surface area contributed by atoms with Gasteiger partial charge in [0, 0.05) is 24.4 Å². The lowest BCUT2D eigenvalue weighted by Crippen LogP contribution is -2.13. The first-order chi connectivity index (χ1) is 8.79. The fourth-order valence-corrected chi connectivity index (χ4v) is 1.96. The quantitative estimate of drug-likeness (QED) is 0.673. The number of hydrogen-bond acceptors (Lipinski definition) is 3. The normalized spacial score (nSPS) is 22.1. The van der Waals surface area contributed by atoms with E-state index in [1.807, 2.05) is 6.92 Å². The summed E-state index contributed by atoms with van der Waals surface area (Å²) in [6.07, 6.45) is -3.61. The monoisotopic (exact) mass is 274 g/mol. The Bertz CT molecular complexity index is 502. The molecule has 4 nitrogen and oxygen atoms in total. The van der Waals surface area contributed by atoms with Crippen LogP contribution in [0.3, 0.4) is 0 Å². The van der Waals surface area contributed by atoms with Gasteiger partial charge in [-0.3, -0.25) is 10.1 Å². The molecule has 0 bridgehead atoms. The summed E-state index contributed by atoms with van der Waals surface area (Å²) >= 11 is 0. The van der Waals surface area contributed by atoms with Gasteiger partial charge in [0.15, 0.2) is 0 Å². The molecule has 0 amide bonds. The second-order valence-corrected chi connectivity index (χ2v) is 4.84. The van der Waals surface area contributed by atoms with Crippen LogP contribution in [0.5, 0.6) is 0 Å². The third-order valence-corrected chi connectivity index (χ3v) is 3.35. The second kappa shape index (κ2) is 4.71. The van der Waals surface area contributed by atoms with Gasteiger partial charge in [-0.05, 0) is 24.3 Å². The number of hydrogen-bond donors (Lipinski definition) is 1. The molecule has 1 aliphatic rings. The molecular weight excluding hydrogens is 261 g/mol. The van der Waals surface area contributed by atoms with Crippen LogP contribution in [-0.2, 0) is 6.18 Å². The summed E-state index contributed by atoms with van der Waals surface area (Å²) < 4.78 is 38.5. The molecule has 0 aromatic heterocycles. The molecule has 0 aliphatic heterocycles. The van der Waals surface area contributed by atoms with E-state index in [0.29, 0.717) is 24.4 Å². The summed E-state index contributed by atoms with van der Waals surface area (Å²) in [7, 11) is 0. The highest BCUT2D eigenvalue weighted by Crippen LogP contribution is 2.40. The Morgan fingerprint density at radius 2 is 2.11 bits per heavy atom. The highest BCUT2D eigenvalue weighted by molar-refractivity contribution is 5.57. The van der Waals surface area contributed by atoms with Crippen LogP contribution in [0.25, 0.3) is 0 Å². The molecule has 1 fully saturated rings. The summed E-state index contributed by atoms with van der Waals surface area (Å²) in [6, 6.07) is 2.76. The van der Waals surface area contributed by atoms with Gasteiger partial charge in [0.2, 0.25) is 0 Å². The van der Waals surface area contributed by atoms with Gasteiger partial charge in [0.1, 0.15) is 0 Å². The van der Waals surface area contributed by atoms with E-state index < -0.39 is 22.4 Å². The topological polar surface area (TPSA) is 55.2 Å². The summed E-state index contributed by atoms with van der Waals surface area (Å²) in [4.78, 5) is 9.70. The maximum absolute atomic E-state index is 12.8. The van der Waals surface area contributed by atoms with Crippen LogP contribution in [0, 0.1) is 22.0 Å². The minimum absolute atomic E-state index is 0.0998. The van der Waals surface area contributed by atoms with Gasteiger partial charge in [-0.25, -0.2) is 0 Å². The zero-order valence-electron chi connectivity index (χ0n) is 10.2. The van der Waals surface area contributed by atoms with Crippen LogP contribution >= 0.6 is 0 Å². The predicted molar refractivity (Wildman–Crippen MR) is 63.9 cm³/mol. The summed E-state index contributed by atoms with van der Waals surface area (Å²) in [6.45, 7) is 2.49. The lowest BCUT2D eigenvalue weighted by molar-refractivity contribution is -0.385. The van der Waals surface area contributed by atoms with Gasteiger partial charge in [-0.1, -0.05) is 6.92 Å². The molecular formula is C12H13F3N2O2. The molecule has 104 valence electrons. The Morgan fingerprint density at radius 3 is 2.58 bits per heavy atom. The molecule has 0 heterocycles. The van der Waals surface area contributed by atoms with Crippen LogP contribution in [0.2, 0.25) is 0 Å². The van der Waals surface area contributed by atoms with Crippen molar-refractivity contribution in [2.75, 3.05) is 11.9 Å². The zero-order valence-corrected chi connectivity index (χ0v) is 10.2. The Labute approximate surface area is 107 Å². The maximum Gasteiger partial charge on any atom is 0.418 e. The molecule has 19 heavy (non-hydrogen) atoms. The van der Waals surface area contributed by atoms with E-state index in [2.05, 4.69) is 5.32 Å². The van der Waals surface area contributed by atoms with Crippen LogP contribution < -0.4 is 5.32 Å². The van der Waals surface area contributed by atoms with Crippen molar-refractivity contribution in [2.45, 2.75) is 19.5 Å². The van der Waals surface area contributed by atoms with Crippen LogP contribution in [0.15, 0.2) is 18.2 Å². The van der Waals surface area contributed by atoms with Gasteiger partial charge < -0.3 is 5.32 Å². The van der Waals surface area contributed by atoms with Gasteiger partial charge in [0.05, 0.1) is 10.5 Å². The fourth-order valence-electron chi connectivity index (χ4n) is 1.96. The van der Waals surface area contributed by atoms with E-state index in [1.165, 1.54) is 0 Å². The van der Waals surface area contributed by atoms with Crippen LogP contribution in [0.4, 0.5) is 24.5 Å². The Kier molecular flexibility index (Phi) is 3.38. The summed E-state index contributed by atoms with van der Waals surface area (Å²) in [5.41, 5.74) is -1.65. The zero-order chi connectivity index (χ0) is 14.2. The van der Waals surface area contributed by atoms with Gasteiger partial charge in [0.25, 0.3) is 5.69 Å². The fraction of sp³-hybridized carbons (Fsp3) is 0.500. The molecule has 0 spiro atoms. The van der Waals surface area contributed by atoms with E-state index in [0.717, 1.165) is 18.6 Å². The molecule has 1 N–H and O–H groups in total. The van der Waals surface area contributed by atoms with Gasteiger partial charge in [-0.2, -0.15) is 13.2 Å². The number of nitrogens with zero attached hydrogens (tertiary/aromatic N) is 1. The molecule has 0 radical (unpaired) electrons. The maximum atomic E-state index is 12.8. The van der Waals surface area contributed by atoms with Crippen molar-refractivity contribution < 1.29 is 18.1 Å². The number of alkyl halides is 3. The average molecular weight is 274 g/mol. The van der Waals surface area contributed by atoms with Crippen molar-refractivity contribution in [3.8, 4) is 0 Å². The number of benzene rings is 1. The minimum atomic E-state index is -4.61. The first-order valence-electron chi connectivity index (χ1n) is 5.88. The van der Waals surface area contributed by atoms with Crippen LogP contribution in [-0.4, -0.2) is 11.5 Å². The number of nitro benzene ring substituents is 1. The third-order valence-electron chi connectivity index (χ3n) is 3.35. The second-order valence-electron chi connectivity index (χ2n) is 4.84. The van der Waals surface area contributed by atoms with Gasteiger partial charge >= 0.3 is 6.18 Å². The van der Waals surface area contributed by atoms with E-state index in [1.54, 1.807) is 0 Å². The van der Waals surface area contributed by atoms with E-state index in [9.17, 15) is 23.3 Å². The van der Waals surface area contributed by atoms with Crippen molar-refractivity contribution in [3.63, 3.8) is 0 Å². The number of anilines is 1. The number of nitro groups is 1. The summed E-state index contributed by atoms with van der Waals surface area (Å²) in [5.74, 6) is 0.913. The molecule has 1 aromatic carbocycles. The van der Waals surface area contributed by atoms with Crippen molar-refractivity contribution in [1.29, 1.82) is 0 Å². The van der Waals surface area contributed by atoms with Crippen molar-refractivity contribution in [1.82, 2.24) is 0 Å². The van der Waals surface area contributed by atoms with Crippen molar-refractivity contribution in [3.05, 3.63) is 33.9 Å². The molecule has 1 aromatic rings. The average Bonchev–Trinajstić information content (AvgIpc) is 3.01. The number of non-ortho nitro benzene ring substituents is 1. The van der Waals surface area contributed by atoms with Crippen molar-refractivity contribution in [2.24, 2.45) is 11.8 Å². The molecule has 2 unspecified atom stereocenters. The standard InChI is InChI=1S/C12H13F3N2O2/c1-7-4-8(7)6-16-11-3-2-9(17(18)19)5-10(11)12(13,14)15/h2-3,5,7-8,16H,4,6H2,1H3. The molecule has 1 aliphatic carbocycles. The van der Waals surface area contributed by atoms with E-state index in [-0.39, 0.29) is 5.69 Å². The molecule has 7 heteroatoms. The number of halogens is 3. The summed E-state index contributed by atoms with van der Waals surface area (Å²) in [5, 5.41) is 13.3. The Morgan fingerprint density at radius 1 is 1.47 bits per heavy atom. The molecule has 2 atom stereocenters. The molecule has 1 saturated carbocycles. The first kappa shape index (κ1) is 13.6. The third kappa shape index (κ3) is 3.15. The van der Waals surface area contributed by atoms with Gasteiger partial charge in [-0.15, -0.1) is 0 Å². The largest absolute Gasteiger partial charge is 0.418 e. The smallest absolute Gasteiger partial charge is 0.384 e. The number of rotatable bonds is 4. The lowest BCUT2D eigenvalue weighted by atomic mass is 10.1. The molecule has 2 rings (SSSR count). The Balaban J connectivity index is 2.23. The predicted octanol–water partition coefficient (Wildman–Crippen LogP) is 3.68. The minimum Gasteiger partial charge on any atom is -0.384 e. The SMILES string of the molecule is CC1CC1CNc1ccc([N+](=O)[O-])cc1C(F)(F)F. The van der Waals surface area contributed by atoms with Crippen LogP contribution in [0.1, 0.15) is 18.9 Å². The van der Waals surface area contributed by atoms with E-state index >= 15 is 0 Å². The Hall–Kier alpha value is -1.79. The van der Waals surface area contributed by atoms with Crippen molar-refractivity contribution >= 4 is 11.4 Å². The lowest BCUT2D eigenvalue weighted by Gasteiger charge is -2.14. The highest BCUT2D eigenvalue weighted by Gasteiger charge is 2.36. The highest BCUT2D eigenvalue weighted by atomic mass is 19.4. The first-order valence-corrected chi connectivity index (χ1v) is 5.88. The molecule has 0 saturated heterocycles.